The van der Waals surface area contributed by atoms with Crippen molar-refractivity contribution in [3.63, 3.8) is 0 Å². The smallest absolute Gasteiger partial charge is 0.164 e. The van der Waals surface area contributed by atoms with E-state index in [9.17, 15) is 0 Å². The van der Waals surface area contributed by atoms with Gasteiger partial charge in [-0.25, -0.2) is 15.0 Å². The molecule has 0 spiro atoms. The summed E-state index contributed by atoms with van der Waals surface area (Å²) < 4.78 is 9.40. The van der Waals surface area contributed by atoms with Crippen LogP contribution < -0.4 is 0 Å². The molecule has 0 unspecified atom stereocenters. The first kappa shape index (κ1) is 32.5. The van der Waals surface area contributed by atoms with E-state index in [0.29, 0.717) is 17.5 Å². The molecule has 0 radical (unpaired) electrons. The van der Waals surface area contributed by atoms with Gasteiger partial charge in [0.15, 0.2) is 17.5 Å². The number of thiophene rings is 1. The van der Waals surface area contributed by atoms with Crippen LogP contribution in [0.25, 0.3) is 104 Å². The summed E-state index contributed by atoms with van der Waals surface area (Å²) in [6.07, 6.45) is 9.07. The molecule has 7 aromatic carbocycles. The predicted molar refractivity (Wildman–Crippen MR) is 234 cm³/mol. The maximum absolute atomic E-state index is 6.86. The molecular weight excluding hydrogens is 703 g/mol. The third-order valence-corrected chi connectivity index (χ3v) is 11.9. The first-order chi connectivity index (χ1) is 27.7. The fourth-order valence-corrected chi connectivity index (χ4v) is 9.20. The van der Waals surface area contributed by atoms with Crippen molar-refractivity contribution in [1.29, 1.82) is 0 Å². The monoisotopic (exact) mass is 735 g/mol. The predicted octanol–water partition coefficient (Wildman–Crippen LogP) is 14.2. The molecule has 0 N–H and O–H groups in total. The van der Waals surface area contributed by atoms with Gasteiger partial charge in [-0.1, -0.05) is 152 Å². The highest BCUT2D eigenvalue weighted by molar-refractivity contribution is 7.26. The Bertz CT molecular complexity index is 3170. The third-order valence-electron chi connectivity index (χ3n) is 10.8. The van der Waals surface area contributed by atoms with Crippen LogP contribution in [0.4, 0.5) is 0 Å². The average molecular weight is 736 g/mol. The Kier molecular flexibility index (Phi) is 7.78. The molecule has 0 bridgehead atoms. The lowest BCUT2D eigenvalue weighted by Gasteiger charge is -2.10. The SMILES string of the molecule is C1=CC(c2ccc3sc4cccc(-c5cccc6c5oc5cccc(-c7nc(-c8ccccc8)nc(-c8ccc(-c9ccccc9)cc8)n7)c56)c4c3c2)=CCC1. The van der Waals surface area contributed by atoms with Gasteiger partial charge in [0.05, 0.1) is 0 Å². The average Bonchev–Trinajstić information content (AvgIpc) is 3.86. The third kappa shape index (κ3) is 5.55. The van der Waals surface area contributed by atoms with Gasteiger partial charge in [0.2, 0.25) is 0 Å². The number of para-hydroxylation sites is 1. The van der Waals surface area contributed by atoms with Crippen molar-refractivity contribution in [3.8, 4) is 56.4 Å². The van der Waals surface area contributed by atoms with Gasteiger partial charge >= 0.3 is 0 Å². The molecule has 264 valence electrons. The minimum atomic E-state index is 0.601. The number of furan rings is 1. The highest BCUT2D eigenvalue weighted by atomic mass is 32.1. The molecular formula is C51H33N3OS. The lowest BCUT2D eigenvalue weighted by molar-refractivity contribution is 0.670. The zero-order valence-electron chi connectivity index (χ0n) is 30.3. The van der Waals surface area contributed by atoms with Gasteiger partial charge in [0.1, 0.15) is 11.2 Å². The van der Waals surface area contributed by atoms with Crippen molar-refractivity contribution in [3.05, 3.63) is 182 Å². The second kappa shape index (κ2) is 13.4. The normalized spacial score (nSPS) is 12.9. The van der Waals surface area contributed by atoms with Gasteiger partial charge in [-0.3, -0.25) is 0 Å². The Balaban J connectivity index is 1.09. The Morgan fingerprint density at radius 1 is 0.446 bits per heavy atom. The first-order valence-electron chi connectivity index (χ1n) is 19.0. The molecule has 1 aliphatic carbocycles. The highest BCUT2D eigenvalue weighted by Crippen LogP contribution is 2.45. The van der Waals surface area contributed by atoms with E-state index in [4.69, 9.17) is 19.4 Å². The highest BCUT2D eigenvalue weighted by Gasteiger charge is 2.21. The molecule has 3 heterocycles. The van der Waals surface area contributed by atoms with E-state index in [-0.39, 0.29) is 0 Å². The molecule has 10 aromatic rings. The summed E-state index contributed by atoms with van der Waals surface area (Å²) in [6.45, 7) is 0. The van der Waals surface area contributed by atoms with E-state index < -0.39 is 0 Å². The lowest BCUT2D eigenvalue weighted by Crippen LogP contribution is -2.00. The van der Waals surface area contributed by atoms with E-state index in [1.807, 2.05) is 59.9 Å². The van der Waals surface area contributed by atoms with E-state index in [2.05, 4.69) is 127 Å². The lowest BCUT2D eigenvalue weighted by atomic mass is 9.94. The number of hydrogen-bond acceptors (Lipinski definition) is 5. The van der Waals surface area contributed by atoms with Crippen LogP contribution in [0.1, 0.15) is 18.4 Å². The Labute approximate surface area is 327 Å². The minimum Gasteiger partial charge on any atom is -0.455 e. The molecule has 0 aliphatic heterocycles. The zero-order chi connectivity index (χ0) is 37.0. The van der Waals surface area contributed by atoms with Crippen LogP contribution in [0, 0.1) is 0 Å². The van der Waals surface area contributed by atoms with Gasteiger partial charge < -0.3 is 4.42 Å². The van der Waals surface area contributed by atoms with Gasteiger partial charge in [-0.05, 0) is 64.9 Å². The van der Waals surface area contributed by atoms with E-state index in [1.54, 1.807) is 0 Å². The van der Waals surface area contributed by atoms with Crippen molar-refractivity contribution in [2.75, 3.05) is 0 Å². The molecule has 11 rings (SSSR count). The van der Waals surface area contributed by atoms with Crippen molar-refractivity contribution >= 4 is 59.0 Å². The number of aromatic nitrogens is 3. The maximum atomic E-state index is 6.86. The molecule has 3 aromatic heterocycles. The van der Waals surface area contributed by atoms with E-state index in [1.165, 1.54) is 36.9 Å². The van der Waals surface area contributed by atoms with Crippen LogP contribution in [-0.4, -0.2) is 15.0 Å². The number of allylic oxidation sites excluding steroid dienone is 4. The van der Waals surface area contributed by atoms with E-state index in [0.717, 1.165) is 68.2 Å². The summed E-state index contributed by atoms with van der Waals surface area (Å²) in [7, 11) is 0. The van der Waals surface area contributed by atoms with E-state index >= 15 is 0 Å². The Morgan fingerprint density at radius 2 is 1.09 bits per heavy atom. The van der Waals surface area contributed by atoms with Gasteiger partial charge in [-0.15, -0.1) is 11.3 Å². The summed E-state index contributed by atoms with van der Waals surface area (Å²) in [5, 5.41) is 4.55. The second-order valence-corrected chi connectivity index (χ2v) is 15.3. The summed E-state index contributed by atoms with van der Waals surface area (Å²) >= 11 is 1.84. The fourth-order valence-electron chi connectivity index (χ4n) is 8.09. The molecule has 0 saturated heterocycles. The van der Waals surface area contributed by atoms with Crippen molar-refractivity contribution < 1.29 is 4.42 Å². The number of nitrogens with zero attached hydrogens (tertiary/aromatic N) is 3. The van der Waals surface area contributed by atoms with Gasteiger partial charge in [-0.2, -0.15) is 0 Å². The summed E-state index contributed by atoms with van der Waals surface area (Å²) in [6, 6.07) is 55.2. The molecule has 1 aliphatic rings. The Morgan fingerprint density at radius 3 is 1.88 bits per heavy atom. The number of rotatable bonds is 6. The zero-order valence-corrected chi connectivity index (χ0v) is 31.1. The van der Waals surface area contributed by atoms with Gasteiger partial charge in [0, 0.05) is 53.2 Å². The summed E-state index contributed by atoms with van der Waals surface area (Å²) in [5.74, 6) is 1.84. The molecule has 0 saturated carbocycles. The van der Waals surface area contributed by atoms with Crippen LogP contribution in [0.15, 0.2) is 180 Å². The quantitative estimate of drug-likeness (QED) is 0.171. The Hall–Kier alpha value is -6.95. The van der Waals surface area contributed by atoms with Crippen LogP contribution in [0.3, 0.4) is 0 Å². The maximum Gasteiger partial charge on any atom is 0.164 e. The van der Waals surface area contributed by atoms with Crippen molar-refractivity contribution in [1.82, 2.24) is 15.0 Å². The van der Waals surface area contributed by atoms with Crippen LogP contribution >= 0.6 is 11.3 Å². The second-order valence-electron chi connectivity index (χ2n) is 14.2. The van der Waals surface area contributed by atoms with Gasteiger partial charge in [0.25, 0.3) is 0 Å². The number of fused-ring (bicyclic) bond motifs is 6. The molecule has 4 nitrogen and oxygen atoms in total. The topological polar surface area (TPSA) is 51.8 Å². The molecule has 5 heteroatoms. The largest absolute Gasteiger partial charge is 0.455 e. The molecule has 0 atom stereocenters. The fraction of sp³-hybridized carbons (Fsp3) is 0.0392. The van der Waals surface area contributed by atoms with Crippen LogP contribution in [0.5, 0.6) is 0 Å². The van der Waals surface area contributed by atoms with Crippen LogP contribution in [-0.2, 0) is 0 Å². The van der Waals surface area contributed by atoms with Crippen molar-refractivity contribution in [2.45, 2.75) is 12.8 Å². The minimum absolute atomic E-state index is 0.601. The molecule has 0 amide bonds. The number of benzene rings is 7. The standard InChI is InChI=1S/C51H33N3OS/c1-4-13-32(14-5-1)34-25-27-36(28-26-34)50-52-49(35-17-8-3-9-18-35)53-51(54-50)41-22-11-23-43-46(41)40-21-10-20-39(48(40)55-43)38-19-12-24-45-47(38)42-31-37(29-30-44(42)56-45)33-15-6-2-7-16-33/h1,3-6,8-31H,2,7H2. The first-order valence-corrected chi connectivity index (χ1v) is 19.8. The number of hydrogen-bond donors (Lipinski definition) is 0. The molecule has 56 heavy (non-hydrogen) atoms. The summed E-state index contributed by atoms with van der Waals surface area (Å²) in [4.78, 5) is 15.3. The molecule has 0 fully saturated rings. The van der Waals surface area contributed by atoms with Crippen molar-refractivity contribution in [2.24, 2.45) is 0 Å². The summed E-state index contributed by atoms with van der Waals surface area (Å²) in [5.41, 5.74) is 11.5. The van der Waals surface area contributed by atoms with Crippen LogP contribution in [0.2, 0.25) is 0 Å².